The van der Waals surface area contributed by atoms with Crippen LogP contribution in [0.4, 0.5) is 0 Å². The van der Waals surface area contributed by atoms with Gasteiger partial charge in [0.1, 0.15) is 6.10 Å². The number of ether oxygens (including phenoxy) is 2. The number of carbonyl (C=O) groups excluding carboxylic acids is 1. The zero-order valence-corrected chi connectivity index (χ0v) is 11.9. The molecule has 4 heteroatoms. The van der Waals surface area contributed by atoms with Crippen LogP contribution in [0.5, 0.6) is 0 Å². The maximum absolute atomic E-state index is 12.5. The molecule has 2 bridgehead atoms. The molecular weight excluding hydrogens is 254 g/mol. The summed E-state index contributed by atoms with van der Waals surface area (Å²) in [5.41, 5.74) is 0.327. The summed E-state index contributed by atoms with van der Waals surface area (Å²) < 4.78 is 11.9. The molecule has 4 nitrogen and oxygen atoms in total. The molecule has 0 N–H and O–H groups in total. The van der Waals surface area contributed by atoms with Crippen molar-refractivity contribution in [2.75, 3.05) is 13.1 Å². The Hall–Kier alpha value is -0.610. The van der Waals surface area contributed by atoms with E-state index in [1.807, 2.05) is 0 Å². The summed E-state index contributed by atoms with van der Waals surface area (Å²) in [6.07, 6.45) is 5.67. The molecule has 0 unspecified atom stereocenters. The minimum Gasteiger partial charge on any atom is -0.462 e. The molecule has 6 fully saturated rings. The second kappa shape index (κ2) is 2.95. The molecule has 6 aliphatic rings. The third-order valence-corrected chi connectivity index (χ3v) is 7.80. The van der Waals surface area contributed by atoms with Crippen molar-refractivity contribution in [3.63, 3.8) is 0 Å². The number of carbonyl (C=O) groups is 1. The topological polar surface area (TPSA) is 42.1 Å². The molecule has 2 saturated carbocycles. The maximum Gasteiger partial charge on any atom is 0.310 e. The van der Waals surface area contributed by atoms with Crippen molar-refractivity contribution in [2.45, 2.75) is 56.5 Å². The molecular formula is C16H21NO3. The first kappa shape index (κ1) is 11.0. The second-order valence-electron chi connectivity index (χ2n) is 8.02. The van der Waals surface area contributed by atoms with Crippen LogP contribution < -0.4 is 0 Å². The molecule has 0 aromatic rings. The lowest BCUT2D eigenvalue weighted by atomic mass is 9.34. The van der Waals surface area contributed by atoms with Crippen LogP contribution in [0.15, 0.2) is 0 Å². The summed E-state index contributed by atoms with van der Waals surface area (Å²) in [6, 6.07) is 0. The average Bonchev–Trinajstić information content (AvgIpc) is 3.08. The van der Waals surface area contributed by atoms with Crippen molar-refractivity contribution in [2.24, 2.45) is 23.2 Å². The highest BCUT2D eigenvalue weighted by Crippen LogP contribution is 2.78. The van der Waals surface area contributed by atoms with E-state index in [1.165, 1.54) is 25.8 Å². The number of esters is 1. The number of piperidine rings is 2. The lowest BCUT2D eigenvalue weighted by Crippen LogP contribution is -2.84. The van der Waals surface area contributed by atoms with E-state index in [0.717, 1.165) is 13.0 Å². The number of hydrogen-bond acceptors (Lipinski definition) is 4. The van der Waals surface area contributed by atoms with E-state index in [9.17, 15) is 4.79 Å². The number of rotatable bonds is 0. The first-order valence-corrected chi connectivity index (χ1v) is 8.30. The molecule has 1 spiro atoms. The summed E-state index contributed by atoms with van der Waals surface area (Å²) in [7, 11) is 0. The number of hydrogen-bond donors (Lipinski definition) is 0. The fourth-order valence-corrected chi connectivity index (χ4v) is 7.44. The van der Waals surface area contributed by atoms with Gasteiger partial charge in [0.2, 0.25) is 0 Å². The molecule has 0 radical (unpaired) electrons. The van der Waals surface area contributed by atoms with E-state index < -0.39 is 0 Å². The Labute approximate surface area is 118 Å². The zero-order chi connectivity index (χ0) is 13.3. The van der Waals surface area contributed by atoms with Crippen LogP contribution >= 0.6 is 0 Å². The van der Waals surface area contributed by atoms with Gasteiger partial charge in [0.15, 0.2) is 0 Å². The molecule has 108 valence electrons. The summed E-state index contributed by atoms with van der Waals surface area (Å²) >= 11 is 0. The Bertz CT molecular complexity index is 536. The number of fused-ring (bicyclic) bond motifs is 4. The van der Waals surface area contributed by atoms with Crippen LogP contribution in [0.3, 0.4) is 0 Å². The van der Waals surface area contributed by atoms with Crippen molar-refractivity contribution in [3.8, 4) is 0 Å². The molecule has 4 aliphatic heterocycles. The van der Waals surface area contributed by atoms with Crippen LogP contribution in [-0.2, 0) is 14.3 Å². The number of nitrogens with zero attached hydrogens (tertiary/aromatic N) is 1. The first-order valence-electron chi connectivity index (χ1n) is 8.30. The van der Waals surface area contributed by atoms with Gasteiger partial charge in [-0.15, -0.1) is 0 Å². The summed E-state index contributed by atoms with van der Waals surface area (Å²) in [5, 5.41) is 0. The van der Waals surface area contributed by atoms with Gasteiger partial charge in [0.05, 0.1) is 18.1 Å². The van der Waals surface area contributed by atoms with E-state index in [-0.39, 0.29) is 28.9 Å². The molecule has 4 saturated heterocycles. The van der Waals surface area contributed by atoms with Gasteiger partial charge in [-0.3, -0.25) is 9.69 Å². The van der Waals surface area contributed by atoms with Gasteiger partial charge in [0, 0.05) is 23.4 Å². The fraction of sp³-hybridized carbons (Fsp3) is 0.938. The third-order valence-electron chi connectivity index (χ3n) is 7.80. The Morgan fingerprint density at radius 1 is 1.35 bits per heavy atom. The predicted octanol–water partition coefficient (Wildman–Crippen LogP) is 1.19. The highest BCUT2D eigenvalue weighted by atomic mass is 16.6. The van der Waals surface area contributed by atoms with Crippen LogP contribution in [0.25, 0.3) is 0 Å². The van der Waals surface area contributed by atoms with Crippen LogP contribution in [-0.4, -0.2) is 47.8 Å². The molecule has 2 aliphatic carbocycles. The maximum atomic E-state index is 12.5. The van der Waals surface area contributed by atoms with Crippen LogP contribution in [0.1, 0.15) is 32.6 Å². The molecule has 0 amide bonds. The molecule has 8 atom stereocenters. The standard InChI is InChI=1S/C16H21NO3/c1-8-6-15-9-3-2-4-17(15)7-12-13(19-12)16(8,15)10-5-11(9)20-14(10)18/h8-13H,2-7H2,1H3/t8-,9+,10+,11-,12-,13+,15-,16-/m0/s1. The van der Waals surface area contributed by atoms with Gasteiger partial charge >= 0.3 is 5.97 Å². The highest BCUT2D eigenvalue weighted by Gasteiger charge is 2.86. The quantitative estimate of drug-likeness (QED) is 0.492. The Morgan fingerprint density at radius 2 is 2.25 bits per heavy atom. The Balaban J connectivity index is 1.63. The third kappa shape index (κ3) is 0.822. The lowest BCUT2D eigenvalue weighted by molar-refractivity contribution is -0.269. The monoisotopic (exact) mass is 275 g/mol. The van der Waals surface area contributed by atoms with Gasteiger partial charge in [0.25, 0.3) is 0 Å². The lowest BCUT2D eigenvalue weighted by Gasteiger charge is -2.75. The van der Waals surface area contributed by atoms with Crippen molar-refractivity contribution >= 4 is 5.97 Å². The Kier molecular flexibility index (Phi) is 1.63. The molecule has 0 aromatic carbocycles. The predicted molar refractivity (Wildman–Crippen MR) is 69.9 cm³/mol. The fourth-order valence-electron chi connectivity index (χ4n) is 7.44. The van der Waals surface area contributed by atoms with Crippen molar-refractivity contribution in [1.29, 1.82) is 0 Å². The van der Waals surface area contributed by atoms with Gasteiger partial charge in [-0.2, -0.15) is 0 Å². The normalized spacial score (nSPS) is 65.5. The molecule has 20 heavy (non-hydrogen) atoms. The summed E-state index contributed by atoms with van der Waals surface area (Å²) in [5.74, 6) is 1.38. The first-order chi connectivity index (χ1) is 9.69. The summed E-state index contributed by atoms with van der Waals surface area (Å²) in [4.78, 5) is 15.2. The van der Waals surface area contributed by atoms with Crippen molar-refractivity contribution < 1.29 is 14.3 Å². The minimum atomic E-state index is 0.0884. The van der Waals surface area contributed by atoms with Gasteiger partial charge in [-0.05, 0) is 38.1 Å². The molecule has 0 aromatic heterocycles. The highest BCUT2D eigenvalue weighted by molar-refractivity contribution is 5.78. The Morgan fingerprint density at radius 3 is 3.10 bits per heavy atom. The second-order valence-corrected chi connectivity index (χ2v) is 8.02. The SMILES string of the molecule is C[C@H]1C[C@@]23[C@@H]4CCCN2C[C@@H]2O[C@H]2[C@@]13[C@@H]1C[C@@H]4OC1=O. The number of epoxide rings is 1. The van der Waals surface area contributed by atoms with E-state index in [1.54, 1.807) is 0 Å². The molecule has 6 rings (SSSR count). The van der Waals surface area contributed by atoms with E-state index in [0.29, 0.717) is 24.0 Å². The largest absolute Gasteiger partial charge is 0.462 e. The van der Waals surface area contributed by atoms with E-state index in [4.69, 9.17) is 9.47 Å². The van der Waals surface area contributed by atoms with Crippen LogP contribution in [0, 0.1) is 23.2 Å². The zero-order valence-electron chi connectivity index (χ0n) is 11.9. The van der Waals surface area contributed by atoms with Gasteiger partial charge < -0.3 is 9.47 Å². The van der Waals surface area contributed by atoms with Crippen LogP contribution in [0.2, 0.25) is 0 Å². The van der Waals surface area contributed by atoms with Crippen molar-refractivity contribution in [1.82, 2.24) is 4.90 Å². The summed E-state index contributed by atoms with van der Waals surface area (Å²) in [6.45, 7) is 4.65. The average molecular weight is 275 g/mol. The molecule has 4 heterocycles. The smallest absolute Gasteiger partial charge is 0.310 e. The van der Waals surface area contributed by atoms with E-state index >= 15 is 0 Å². The minimum absolute atomic E-state index is 0.0884. The van der Waals surface area contributed by atoms with Crippen molar-refractivity contribution in [3.05, 3.63) is 0 Å². The van der Waals surface area contributed by atoms with E-state index in [2.05, 4.69) is 11.8 Å². The van der Waals surface area contributed by atoms with Gasteiger partial charge in [-0.25, -0.2) is 0 Å². The van der Waals surface area contributed by atoms with Gasteiger partial charge in [-0.1, -0.05) is 6.92 Å².